The molecule has 6 aromatic rings. The SMILES string of the molecule is Cc1cc(C(C)C)cc(C)c1C1=c2cc3cc4c(cc3cc2C2=C1S(=O)(=O)c1ccccc12)=C(c1c(C)cc(C(C)(C)C)cc1C)C1=C4c2ccccc2S1(=O)=O. The molecule has 0 spiro atoms. The minimum absolute atomic E-state index is 0.0771. The van der Waals surface area contributed by atoms with E-state index in [0.717, 1.165) is 99.1 Å². The van der Waals surface area contributed by atoms with Crippen LogP contribution in [0.2, 0.25) is 0 Å². The zero-order valence-corrected chi connectivity index (χ0v) is 35.4. The molecule has 4 nitrogen and oxygen atoms in total. The van der Waals surface area contributed by atoms with Crippen LogP contribution in [-0.2, 0) is 25.1 Å². The molecule has 0 aromatic heterocycles. The van der Waals surface area contributed by atoms with Gasteiger partial charge in [0.05, 0.1) is 19.6 Å². The molecular formula is C51H44O4S2. The van der Waals surface area contributed by atoms with Crippen LogP contribution in [0.3, 0.4) is 0 Å². The van der Waals surface area contributed by atoms with Crippen molar-refractivity contribution >= 4 is 52.7 Å². The molecule has 0 amide bonds. The molecule has 0 unspecified atom stereocenters. The third-order valence-corrected chi connectivity index (χ3v) is 16.4. The Morgan fingerprint density at radius 1 is 0.474 bits per heavy atom. The maximum Gasteiger partial charge on any atom is 0.208 e. The Balaban J connectivity index is 1.35. The maximum atomic E-state index is 14.7. The fourth-order valence-electron chi connectivity index (χ4n) is 10.0. The lowest BCUT2D eigenvalue weighted by molar-refractivity contribution is 0.589. The monoisotopic (exact) mass is 784 g/mol. The Kier molecular flexibility index (Phi) is 7.37. The van der Waals surface area contributed by atoms with Gasteiger partial charge in [-0.05, 0) is 152 Å². The van der Waals surface area contributed by atoms with Gasteiger partial charge in [0.1, 0.15) is 0 Å². The van der Waals surface area contributed by atoms with E-state index in [4.69, 9.17) is 0 Å². The van der Waals surface area contributed by atoms with Crippen LogP contribution in [0.15, 0.2) is 117 Å². The van der Waals surface area contributed by atoms with Crippen molar-refractivity contribution in [1.29, 1.82) is 0 Å². The number of aryl methyl sites for hydroxylation is 4. The molecule has 0 fully saturated rings. The number of fused-ring (bicyclic) bond motifs is 9. The summed E-state index contributed by atoms with van der Waals surface area (Å²) in [6, 6.07) is 32.1. The Morgan fingerprint density at radius 3 is 1.25 bits per heavy atom. The van der Waals surface area contributed by atoms with Gasteiger partial charge in [-0.25, -0.2) is 16.8 Å². The van der Waals surface area contributed by atoms with Crippen molar-refractivity contribution in [2.24, 2.45) is 0 Å². The molecule has 0 radical (unpaired) electrons. The molecular weight excluding hydrogens is 741 g/mol. The van der Waals surface area contributed by atoms with Gasteiger partial charge in [0.15, 0.2) is 0 Å². The third kappa shape index (κ3) is 4.77. The van der Waals surface area contributed by atoms with E-state index in [9.17, 15) is 16.8 Å². The molecule has 57 heavy (non-hydrogen) atoms. The predicted octanol–water partition coefficient (Wildman–Crippen LogP) is 10.0. The Labute approximate surface area is 335 Å². The highest BCUT2D eigenvalue weighted by atomic mass is 32.2. The summed E-state index contributed by atoms with van der Waals surface area (Å²) in [7, 11) is -7.69. The number of benzene rings is 6. The normalized spacial score (nSPS) is 17.0. The lowest BCUT2D eigenvalue weighted by atomic mass is 9.82. The van der Waals surface area contributed by atoms with Crippen LogP contribution in [0.5, 0.6) is 0 Å². The Morgan fingerprint density at radius 2 is 0.860 bits per heavy atom. The number of rotatable bonds is 3. The van der Waals surface area contributed by atoms with Crippen molar-refractivity contribution in [2.75, 3.05) is 0 Å². The van der Waals surface area contributed by atoms with E-state index in [1.807, 2.05) is 24.3 Å². The Hall–Kier alpha value is -5.30. The number of allylic oxidation sites excluding steroid dienone is 2. The molecule has 0 N–H and O–H groups in total. The smallest absolute Gasteiger partial charge is 0.208 e. The van der Waals surface area contributed by atoms with Gasteiger partial charge in [0.2, 0.25) is 19.7 Å². The van der Waals surface area contributed by atoms with Gasteiger partial charge in [0, 0.05) is 33.4 Å². The van der Waals surface area contributed by atoms with Crippen molar-refractivity contribution in [2.45, 2.75) is 83.4 Å². The minimum atomic E-state index is -3.85. The average molecular weight is 785 g/mol. The van der Waals surface area contributed by atoms with Gasteiger partial charge in [-0.1, -0.05) is 95.3 Å². The zero-order valence-electron chi connectivity index (χ0n) is 33.8. The van der Waals surface area contributed by atoms with E-state index in [0.29, 0.717) is 25.5 Å². The summed E-state index contributed by atoms with van der Waals surface area (Å²) in [4.78, 5) is 1.43. The van der Waals surface area contributed by atoms with Gasteiger partial charge in [-0.3, -0.25) is 0 Å². The molecule has 0 atom stereocenters. The quantitative estimate of drug-likeness (QED) is 0.179. The van der Waals surface area contributed by atoms with Crippen LogP contribution >= 0.6 is 0 Å². The maximum absolute atomic E-state index is 14.7. The highest BCUT2D eigenvalue weighted by molar-refractivity contribution is 7.97. The molecule has 4 aliphatic rings. The molecule has 6 aromatic carbocycles. The highest BCUT2D eigenvalue weighted by Crippen LogP contribution is 2.53. The number of hydrogen-bond acceptors (Lipinski definition) is 4. The summed E-state index contributed by atoms with van der Waals surface area (Å²) in [6.07, 6.45) is 0. The summed E-state index contributed by atoms with van der Waals surface area (Å²) in [5, 5.41) is 3.62. The summed E-state index contributed by atoms with van der Waals surface area (Å²) >= 11 is 0. The van der Waals surface area contributed by atoms with Crippen LogP contribution in [0.1, 0.15) is 107 Å². The minimum Gasteiger partial charge on any atom is -0.218 e. The second-order valence-corrected chi connectivity index (χ2v) is 21.4. The molecule has 2 aliphatic carbocycles. The lowest BCUT2D eigenvalue weighted by Crippen LogP contribution is -2.17. The zero-order chi connectivity index (χ0) is 40.2. The van der Waals surface area contributed by atoms with E-state index in [-0.39, 0.29) is 5.41 Å². The van der Waals surface area contributed by atoms with Crippen LogP contribution in [0.25, 0.3) is 33.1 Å². The first-order valence-corrected chi connectivity index (χ1v) is 22.7. The second kappa shape index (κ2) is 11.6. The first-order valence-electron chi connectivity index (χ1n) is 19.7. The van der Waals surface area contributed by atoms with E-state index >= 15 is 0 Å². The fourth-order valence-corrected chi connectivity index (χ4v) is 13.8. The molecule has 10 rings (SSSR count). The van der Waals surface area contributed by atoms with Crippen molar-refractivity contribution in [3.63, 3.8) is 0 Å². The van der Waals surface area contributed by atoms with Crippen molar-refractivity contribution in [3.05, 3.63) is 184 Å². The van der Waals surface area contributed by atoms with E-state index in [1.165, 1.54) is 11.1 Å². The van der Waals surface area contributed by atoms with Gasteiger partial charge >= 0.3 is 0 Å². The predicted molar refractivity (Wildman–Crippen MR) is 232 cm³/mol. The first kappa shape index (κ1) is 36.1. The molecule has 0 saturated heterocycles. The van der Waals surface area contributed by atoms with Crippen molar-refractivity contribution in [1.82, 2.24) is 0 Å². The lowest BCUT2D eigenvalue weighted by Gasteiger charge is -2.23. The molecule has 284 valence electrons. The average Bonchev–Trinajstić information content (AvgIpc) is 3.79. The van der Waals surface area contributed by atoms with E-state index in [1.54, 1.807) is 24.3 Å². The van der Waals surface area contributed by atoms with E-state index < -0.39 is 19.7 Å². The summed E-state index contributed by atoms with van der Waals surface area (Å²) in [6.45, 7) is 19.3. The molecule has 6 heteroatoms. The van der Waals surface area contributed by atoms with Gasteiger partial charge < -0.3 is 0 Å². The van der Waals surface area contributed by atoms with Crippen molar-refractivity contribution in [3.8, 4) is 0 Å². The van der Waals surface area contributed by atoms with Gasteiger partial charge in [-0.15, -0.1) is 0 Å². The van der Waals surface area contributed by atoms with Crippen molar-refractivity contribution < 1.29 is 16.8 Å². The van der Waals surface area contributed by atoms with Crippen LogP contribution in [-0.4, -0.2) is 16.8 Å². The number of sulfone groups is 2. The number of hydrogen-bond donors (Lipinski definition) is 0. The molecule has 2 heterocycles. The van der Waals surface area contributed by atoms with Crippen LogP contribution in [0.4, 0.5) is 0 Å². The third-order valence-electron chi connectivity index (χ3n) is 12.6. The highest BCUT2D eigenvalue weighted by Gasteiger charge is 2.45. The van der Waals surface area contributed by atoms with Gasteiger partial charge in [-0.2, -0.15) is 0 Å². The summed E-state index contributed by atoms with van der Waals surface area (Å²) in [5.41, 5.74) is 14.6. The largest absolute Gasteiger partial charge is 0.218 e. The Bertz CT molecular complexity index is 3300. The standard InChI is InChI=1S/C51H44O4S2/c1-26(2)31-18-27(3)43(28(4)19-31)47-39-24-32-23-38-40(25-33(32)22-37(39)45-35-14-10-12-16-41(35)56(52,53)49(45)47)48(44-29(5)20-34(21-30(44)6)51(7,8)9)50-46(38)36-15-11-13-17-42(36)57(50,54)55/h10-26H,1-9H3. The van der Waals surface area contributed by atoms with Crippen LogP contribution < -0.4 is 10.4 Å². The molecule has 2 aliphatic heterocycles. The topological polar surface area (TPSA) is 68.3 Å². The molecule has 0 saturated carbocycles. The summed E-state index contributed by atoms with van der Waals surface area (Å²) < 4.78 is 58.8. The summed E-state index contributed by atoms with van der Waals surface area (Å²) in [5.74, 6) is 0.326. The fraction of sp³-hybridized carbons (Fsp3) is 0.216. The second-order valence-electron chi connectivity index (χ2n) is 17.7. The molecule has 0 bridgehead atoms. The first-order chi connectivity index (χ1) is 26.9. The van der Waals surface area contributed by atoms with E-state index in [2.05, 4.69) is 111 Å². The van der Waals surface area contributed by atoms with Gasteiger partial charge in [0.25, 0.3) is 0 Å². The van der Waals surface area contributed by atoms with Crippen LogP contribution in [0, 0.1) is 27.7 Å².